The number of pyridine rings is 1. The monoisotopic (exact) mass is 238 g/mol. The second kappa shape index (κ2) is 7.42. The van der Waals surface area contributed by atoms with Gasteiger partial charge in [0, 0.05) is 18.4 Å². The van der Waals surface area contributed by atoms with Crippen molar-refractivity contribution in [1.29, 1.82) is 0 Å². The summed E-state index contributed by atoms with van der Waals surface area (Å²) in [5.74, 6) is 0. The first kappa shape index (κ1) is 13.2. The summed E-state index contributed by atoms with van der Waals surface area (Å²) in [6.45, 7) is 5.33. The molecule has 1 aromatic rings. The Hall–Kier alpha value is -0.860. The number of hydrogen-bond donors (Lipinski definition) is 1. The Labute approximate surface area is 103 Å². The third kappa shape index (κ3) is 5.29. The van der Waals surface area contributed by atoms with Crippen LogP contribution in [0.4, 0.5) is 0 Å². The molecule has 88 valence electrons. The van der Waals surface area contributed by atoms with E-state index in [-0.39, 0.29) is 0 Å². The summed E-state index contributed by atoms with van der Waals surface area (Å²) in [5.41, 5.74) is 1.13. The van der Waals surface area contributed by atoms with E-state index < -0.39 is 0 Å². The molecule has 16 heavy (non-hydrogen) atoms. The van der Waals surface area contributed by atoms with E-state index >= 15 is 0 Å². The van der Waals surface area contributed by atoms with Gasteiger partial charge in [0.2, 0.25) is 0 Å². The predicted molar refractivity (Wildman–Crippen MR) is 69.8 cm³/mol. The van der Waals surface area contributed by atoms with Crippen molar-refractivity contribution in [3.8, 4) is 0 Å². The average molecular weight is 239 g/mol. The van der Waals surface area contributed by atoms with Crippen LogP contribution < -0.4 is 5.32 Å². The molecule has 0 aliphatic heterocycles. The van der Waals surface area contributed by atoms with Crippen LogP contribution in [-0.4, -0.2) is 17.6 Å². The second-order valence-corrected chi connectivity index (χ2v) is 4.45. The Balaban J connectivity index is 2.24. The minimum atomic E-state index is 0.558. The third-order valence-corrected chi connectivity index (χ3v) is 2.56. The van der Waals surface area contributed by atoms with Gasteiger partial charge < -0.3 is 5.32 Å². The molecule has 0 aliphatic rings. The van der Waals surface area contributed by atoms with Crippen LogP contribution >= 0.6 is 11.6 Å². The molecule has 0 saturated heterocycles. The number of rotatable bonds is 6. The Bertz CT molecular complexity index is 334. The van der Waals surface area contributed by atoms with Gasteiger partial charge in [-0.15, -0.1) is 0 Å². The third-order valence-electron chi connectivity index (χ3n) is 2.22. The van der Waals surface area contributed by atoms with Crippen molar-refractivity contribution in [2.24, 2.45) is 0 Å². The van der Waals surface area contributed by atoms with Crippen molar-refractivity contribution in [3.05, 3.63) is 41.2 Å². The average Bonchev–Trinajstić information content (AvgIpc) is 2.25. The lowest BCUT2D eigenvalue weighted by molar-refractivity contribution is 0.594. The summed E-state index contributed by atoms with van der Waals surface area (Å²) in [5, 5.41) is 4.11. The van der Waals surface area contributed by atoms with Crippen LogP contribution in [0.1, 0.15) is 25.8 Å². The summed E-state index contributed by atoms with van der Waals surface area (Å²) >= 11 is 6.00. The van der Waals surface area contributed by atoms with Crippen LogP contribution in [0.15, 0.2) is 30.6 Å². The van der Waals surface area contributed by atoms with E-state index in [1.165, 1.54) is 0 Å². The van der Waals surface area contributed by atoms with Crippen LogP contribution in [0.2, 0.25) is 5.02 Å². The molecular formula is C13H19ClN2. The fourth-order valence-corrected chi connectivity index (χ4v) is 1.55. The van der Waals surface area contributed by atoms with Crippen molar-refractivity contribution in [3.63, 3.8) is 0 Å². The van der Waals surface area contributed by atoms with Crippen LogP contribution in [0.5, 0.6) is 0 Å². The van der Waals surface area contributed by atoms with E-state index in [2.05, 4.69) is 36.3 Å². The molecule has 0 amide bonds. The quantitative estimate of drug-likeness (QED) is 0.608. The lowest BCUT2D eigenvalue weighted by atomic mass is 10.2. The van der Waals surface area contributed by atoms with E-state index in [4.69, 9.17) is 11.6 Å². The van der Waals surface area contributed by atoms with Gasteiger partial charge in [-0.2, -0.15) is 0 Å². The molecule has 1 N–H and O–H groups in total. The maximum Gasteiger partial charge on any atom is 0.0624 e. The molecule has 1 aromatic heterocycles. The topological polar surface area (TPSA) is 24.9 Å². The molecule has 0 atom stereocenters. The first-order valence-electron chi connectivity index (χ1n) is 5.67. The van der Waals surface area contributed by atoms with Crippen molar-refractivity contribution in [2.45, 2.75) is 32.7 Å². The summed E-state index contributed by atoms with van der Waals surface area (Å²) in [6.07, 6.45) is 9.74. The van der Waals surface area contributed by atoms with E-state index in [0.29, 0.717) is 6.04 Å². The smallest absolute Gasteiger partial charge is 0.0624 e. The molecule has 1 rings (SSSR count). The molecule has 0 unspecified atom stereocenters. The Morgan fingerprint density at radius 2 is 2.25 bits per heavy atom. The molecule has 0 aliphatic carbocycles. The highest BCUT2D eigenvalue weighted by Crippen LogP contribution is 2.13. The predicted octanol–water partition coefficient (Wildman–Crippen LogP) is 3.22. The van der Waals surface area contributed by atoms with Crippen molar-refractivity contribution < 1.29 is 0 Å². The highest BCUT2D eigenvalue weighted by Gasteiger charge is 1.95. The summed E-state index contributed by atoms with van der Waals surface area (Å²) < 4.78 is 0. The number of nitrogens with one attached hydrogen (secondary N) is 1. The van der Waals surface area contributed by atoms with Gasteiger partial charge >= 0.3 is 0 Å². The van der Waals surface area contributed by atoms with Gasteiger partial charge in [-0.3, -0.25) is 4.98 Å². The fourth-order valence-electron chi connectivity index (χ4n) is 1.35. The first-order chi connectivity index (χ1) is 7.70. The maximum atomic E-state index is 6.00. The number of aromatic nitrogens is 1. The van der Waals surface area contributed by atoms with Gasteiger partial charge in [-0.1, -0.05) is 37.6 Å². The number of hydrogen-bond acceptors (Lipinski definition) is 2. The highest BCUT2D eigenvalue weighted by molar-refractivity contribution is 6.31. The number of allylic oxidation sites excluding steroid dienone is 1. The maximum absolute atomic E-state index is 6.00. The highest BCUT2D eigenvalue weighted by atomic mass is 35.5. The van der Waals surface area contributed by atoms with Gasteiger partial charge in [-0.25, -0.2) is 0 Å². The Morgan fingerprint density at radius 1 is 1.44 bits per heavy atom. The van der Waals surface area contributed by atoms with E-state index in [0.717, 1.165) is 30.0 Å². The molecule has 0 fully saturated rings. The van der Waals surface area contributed by atoms with Crippen molar-refractivity contribution in [1.82, 2.24) is 10.3 Å². The molecule has 0 saturated carbocycles. The van der Waals surface area contributed by atoms with Gasteiger partial charge in [-0.05, 0) is 31.0 Å². The van der Waals surface area contributed by atoms with Crippen LogP contribution in [0.25, 0.3) is 0 Å². The molecule has 2 nitrogen and oxygen atoms in total. The standard InChI is InChI=1S/C13H19ClN2/c1-11(2)16-8-5-3-4-6-12-7-9-15-10-13(12)14/h3-4,7,9-11,16H,5-6,8H2,1-2H3. The summed E-state index contributed by atoms with van der Waals surface area (Å²) in [6, 6.07) is 2.52. The van der Waals surface area contributed by atoms with E-state index in [1.807, 2.05) is 6.07 Å². The largest absolute Gasteiger partial charge is 0.314 e. The zero-order valence-electron chi connectivity index (χ0n) is 9.91. The van der Waals surface area contributed by atoms with Crippen molar-refractivity contribution >= 4 is 11.6 Å². The normalized spacial score (nSPS) is 11.5. The summed E-state index contributed by atoms with van der Waals surface area (Å²) in [4.78, 5) is 3.96. The van der Waals surface area contributed by atoms with Gasteiger partial charge in [0.15, 0.2) is 0 Å². The van der Waals surface area contributed by atoms with Crippen LogP contribution in [0.3, 0.4) is 0 Å². The molecule has 0 aromatic carbocycles. The van der Waals surface area contributed by atoms with Gasteiger partial charge in [0.25, 0.3) is 0 Å². The van der Waals surface area contributed by atoms with E-state index in [1.54, 1.807) is 12.4 Å². The van der Waals surface area contributed by atoms with Crippen LogP contribution in [-0.2, 0) is 6.42 Å². The number of nitrogens with zero attached hydrogens (tertiary/aromatic N) is 1. The zero-order chi connectivity index (χ0) is 11.8. The Morgan fingerprint density at radius 3 is 2.94 bits per heavy atom. The lowest BCUT2D eigenvalue weighted by Gasteiger charge is -2.04. The molecule has 0 radical (unpaired) electrons. The minimum Gasteiger partial charge on any atom is -0.314 e. The Kier molecular flexibility index (Phi) is 6.12. The fraction of sp³-hybridized carbons (Fsp3) is 0.462. The van der Waals surface area contributed by atoms with Gasteiger partial charge in [0.1, 0.15) is 0 Å². The zero-order valence-corrected chi connectivity index (χ0v) is 10.7. The van der Waals surface area contributed by atoms with E-state index in [9.17, 15) is 0 Å². The van der Waals surface area contributed by atoms with Crippen molar-refractivity contribution in [2.75, 3.05) is 6.54 Å². The molecular weight excluding hydrogens is 220 g/mol. The van der Waals surface area contributed by atoms with Gasteiger partial charge in [0.05, 0.1) is 5.02 Å². The lowest BCUT2D eigenvalue weighted by Crippen LogP contribution is -2.23. The first-order valence-corrected chi connectivity index (χ1v) is 6.04. The molecule has 1 heterocycles. The summed E-state index contributed by atoms with van der Waals surface area (Å²) in [7, 11) is 0. The number of halogens is 1. The molecule has 0 spiro atoms. The molecule has 3 heteroatoms. The second-order valence-electron chi connectivity index (χ2n) is 4.04. The molecule has 0 bridgehead atoms. The SMILES string of the molecule is CC(C)NCCC=CCc1ccncc1Cl. The minimum absolute atomic E-state index is 0.558. The van der Waals surface area contributed by atoms with Crippen LogP contribution in [0, 0.1) is 0 Å².